The third-order valence-corrected chi connectivity index (χ3v) is 9.12. The maximum Gasteiger partial charge on any atom is 0.265 e. The Morgan fingerprint density at radius 3 is 2.72 bits per heavy atom. The Balaban J connectivity index is 1.61. The number of halogens is 1. The highest BCUT2D eigenvalue weighted by Gasteiger charge is 2.29. The number of hydrogen-bond acceptors (Lipinski definition) is 7. The predicted molar refractivity (Wildman–Crippen MR) is 143 cm³/mol. The normalized spacial score (nSPS) is 14.7. The molecule has 0 saturated heterocycles. The number of carboxylic acid groups (broad SMARTS) is 1. The SMILES string of the molecule is O=C([O-])CN1C(=Cc2sc3ccc4ccccc4c3[n+]2CCCCS(=O)(=O)O)Sc2ccc(Cl)cc21. The number of benzene rings is 3. The van der Waals surface area contributed by atoms with Crippen LogP contribution in [0, 0.1) is 0 Å². The Hall–Kier alpha value is -2.63. The summed E-state index contributed by atoms with van der Waals surface area (Å²) in [4.78, 5) is 14.2. The molecule has 1 aliphatic heterocycles. The van der Waals surface area contributed by atoms with E-state index < -0.39 is 16.1 Å². The van der Waals surface area contributed by atoms with Gasteiger partial charge in [0.2, 0.25) is 5.52 Å². The number of fused-ring (bicyclic) bond motifs is 4. The molecule has 5 rings (SSSR count). The molecule has 1 aromatic heterocycles. The molecule has 1 aliphatic rings. The van der Waals surface area contributed by atoms with Crippen LogP contribution in [0.15, 0.2) is 64.5 Å². The molecule has 1 N–H and O–H groups in total. The van der Waals surface area contributed by atoms with E-state index in [-0.39, 0.29) is 12.3 Å². The number of anilines is 1. The molecule has 186 valence electrons. The van der Waals surface area contributed by atoms with Crippen LogP contribution >= 0.6 is 34.7 Å². The second kappa shape index (κ2) is 10.0. The molecule has 2 heterocycles. The van der Waals surface area contributed by atoms with Gasteiger partial charge in [-0.1, -0.05) is 59.0 Å². The van der Waals surface area contributed by atoms with Crippen molar-refractivity contribution in [3.05, 3.63) is 69.7 Å². The van der Waals surface area contributed by atoms with Crippen LogP contribution in [0.3, 0.4) is 0 Å². The summed E-state index contributed by atoms with van der Waals surface area (Å²) in [7, 11) is -4.02. The third kappa shape index (κ3) is 5.23. The van der Waals surface area contributed by atoms with E-state index in [4.69, 9.17) is 16.2 Å². The van der Waals surface area contributed by atoms with Gasteiger partial charge in [0, 0.05) is 16.3 Å². The fourth-order valence-electron chi connectivity index (χ4n) is 4.34. The van der Waals surface area contributed by atoms with E-state index in [0.717, 1.165) is 35.9 Å². The number of rotatable bonds is 8. The topological polar surface area (TPSA) is 102 Å². The molecule has 0 atom stereocenters. The zero-order chi connectivity index (χ0) is 25.4. The number of thioether (sulfide) groups is 1. The second-order valence-corrected chi connectivity index (χ2v) is 12.5. The van der Waals surface area contributed by atoms with Crippen LogP contribution in [0.2, 0.25) is 5.02 Å². The lowest BCUT2D eigenvalue weighted by atomic mass is 10.1. The molecule has 0 fully saturated rings. The molecule has 0 unspecified atom stereocenters. The number of aryl methyl sites for hydroxylation is 1. The lowest BCUT2D eigenvalue weighted by molar-refractivity contribution is -0.668. The first kappa shape index (κ1) is 25.0. The maximum absolute atomic E-state index is 11.6. The van der Waals surface area contributed by atoms with Crippen LogP contribution in [0.1, 0.15) is 17.8 Å². The molecule has 11 heteroatoms. The van der Waals surface area contributed by atoms with Crippen molar-refractivity contribution in [2.45, 2.75) is 24.3 Å². The molecule has 4 aromatic rings. The van der Waals surface area contributed by atoms with Crippen LogP contribution in [-0.2, 0) is 21.5 Å². The third-order valence-electron chi connectivity index (χ3n) is 5.87. The van der Waals surface area contributed by atoms with Crippen molar-refractivity contribution in [2.24, 2.45) is 0 Å². The molecule has 0 radical (unpaired) electrons. The van der Waals surface area contributed by atoms with Crippen molar-refractivity contribution < 1.29 is 27.4 Å². The number of thiazole rings is 1. The maximum atomic E-state index is 11.6. The molecular weight excluding hydrogens is 540 g/mol. The molecule has 0 amide bonds. The molecule has 36 heavy (non-hydrogen) atoms. The molecule has 7 nitrogen and oxygen atoms in total. The lowest BCUT2D eigenvalue weighted by Crippen LogP contribution is -2.37. The Kier molecular flexibility index (Phi) is 6.97. The quantitative estimate of drug-likeness (QED) is 0.194. The molecule has 0 bridgehead atoms. The summed E-state index contributed by atoms with van der Waals surface area (Å²) in [5.74, 6) is -1.49. The van der Waals surface area contributed by atoms with Gasteiger partial charge in [0.15, 0.2) is 6.54 Å². The standard InChI is InChI=1S/C25H21ClN2O5S3/c26-17-8-10-20-19(13-17)28(15-24(29)30)23(34-20)14-22-27(11-3-4-12-36(31,32)33)25-18-6-2-1-5-16(18)7-9-21(25)35-22/h1-2,5-10,13-14H,3-4,11-12,15H2,(H-,29,30,31,32,33). The number of carbonyl (C=O) groups is 1. The van der Waals surface area contributed by atoms with E-state index in [1.165, 1.54) is 11.8 Å². The Bertz CT molecular complexity index is 1630. The monoisotopic (exact) mass is 560 g/mol. The number of nitrogens with zero attached hydrogens (tertiary/aromatic N) is 2. The second-order valence-electron chi connectivity index (χ2n) is 8.37. The number of aromatic nitrogens is 1. The van der Waals surface area contributed by atoms with E-state index in [2.05, 4.69) is 22.8 Å². The van der Waals surface area contributed by atoms with Crippen LogP contribution < -0.4 is 14.6 Å². The Morgan fingerprint density at radius 1 is 1.14 bits per heavy atom. The van der Waals surface area contributed by atoms with Gasteiger partial charge in [-0.2, -0.15) is 13.0 Å². The van der Waals surface area contributed by atoms with E-state index in [0.29, 0.717) is 30.1 Å². The summed E-state index contributed by atoms with van der Waals surface area (Å²) < 4.78 is 34.7. The summed E-state index contributed by atoms with van der Waals surface area (Å²) in [6.07, 6.45) is 2.82. The number of unbranched alkanes of at least 4 members (excludes halogenated alkanes) is 1. The van der Waals surface area contributed by atoms with Gasteiger partial charge in [0.05, 0.1) is 40.4 Å². The molecular formula is C25H21ClN2O5S3. The Labute approximate surface area is 221 Å². The van der Waals surface area contributed by atoms with Crippen LogP contribution in [0.4, 0.5) is 5.69 Å². The van der Waals surface area contributed by atoms with Gasteiger partial charge in [-0.25, -0.2) is 0 Å². The van der Waals surface area contributed by atoms with Gasteiger partial charge in [-0.3, -0.25) is 4.55 Å². The minimum Gasteiger partial charge on any atom is -0.548 e. The molecule has 0 spiro atoms. The van der Waals surface area contributed by atoms with Gasteiger partial charge < -0.3 is 14.8 Å². The lowest BCUT2D eigenvalue weighted by Gasteiger charge is -2.20. The molecule has 3 aromatic carbocycles. The fraction of sp³-hybridized carbons (Fsp3) is 0.200. The molecule has 0 saturated carbocycles. The smallest absolute Gasteiger partial charge is 0.265 e. The first-order valence-electron chi connectivity index (χ1n) is 11.2. The van der Waals surface area contributed by atoms with Gasteiger partial charge in [0.25, 0.3) is 15.1 Å². The highest BCUT2D eigenvalue weighted by atomic mass is 35.5. The zero-order valence-electron chi connectivity index (χ0n) is 18.9. The van der Waals surface area contributed by atoms with Crippen LogP contribution in [-0.4, -0.2) is 31.2 Å². The van der Waals surface area contributed by atoms with Gasteiger partial charge in [-0.05, 0) is 42.1 Å². The van der Waals surface area contributed by atoms with E-state index in [9.17, 15) is 18.3 Å². The number of hydrogen-bond donors (Lipinski definition) is 1. The number of aliphatic carboxylic acids is 1. The predicted octanol–water partition coefficient (Wildman–Crippen LogP) is 4.32. The van der Waals surface area contributed by atoms with Crippen molar-refractivity contribution in [1.29, 1.82) is 0 Å². The van der Waals surface area contributed by atoms with Gasteiger partial charge >= 0.3 is 0 Å². The summed E-state index contributed by atoms with van der Waals surface area (Å²) in [6.45, 7) is 0.223. The Morgan fingerprint density at radius 2 is 1.94 bits per heavy atom. The number of carbonyl (C=O) groups excluding carboxylic acids is 1. The van der Waals surface area contributed by atoms with Crippen molar-refractivity contribution in [3.63, 3.8) is 0 Å². The van der Waals surface area contributed by atoms with E-state index in [1.54, 1.807) is 28.4 Å². The average molecular weight is 561 g/mol. The average Bonchev–Trinajstić information content (AvgIpc) is 3.33. The number of carboxylic acids is 1. The van der Waals surface area contributed by atoms with Gasteiger partial charge in [-0.15, -0.1) is 0 Å². The van der Waals surface area contributed by atoms with E-state index >= 15 is 0 Å². The summed E-state index contributed by atoms with van der Waals surface area (Å²) >= 11 is 9.23. The largest absolute Gasteiger partial charge is 0.548 e. The summed E-state index contributed by atoms with van der Waals surface area (Å²) in [6, 6.07) is 17.6. The van der Waals surface area contributed by atoms with Crippen molar-refractivity contribution in [1.82, 2.24) is 0 Å². The van der Waals surface area contributed by atoms with Crippen LogP contribution in [0.25, 0.3) is 27.1 Å². The first-order valence-corrected chi connectivity index (χ1v) is 14.8. The van der Waals surface area contributed by atoms with Crippen molar-refractivity contribution >= 4 is 83.5 Å². The minimum absolute atomic E-state index is 0.294. The van der Waals surface area contributed by atoms with Crippen molar-refractivity contribution in [2.75, 3.05) is 17.2 Å². The van der Waals surface area contributed by atoms with Crippen molar-refractivity contribution in [3.8, 4) is 0 Å². The van der Waals surface area contributed by atoms with Crippen LogP contribution in [0.5, 0.6) is 0 Å². The van der Waals surface area contributed by atoms with Gasteiger partial charge in [0.1, 0.15) is 4.70 Å². The summed E-state index contributed by atoms with van der Waals surface area (Å²) in [5.41, 5.74) is 1.75. The highest BCUT2D eigenvalue weighted by molar-refractivity contribution is 8.04. The highest BCUT2D eigenvalue weighted by Crippen LogP contribution is 2.47. The molecule has 0 aliphatic carbocycles. The fourth-order valence-corrected chi connectivity index (χ4v) is 7.37. The summed E-state index contributed by atoms with van der Waals surface area (Å²) in [5, 5.41) is 15.9. The minimum atomic E-state index is -4.02. The van der Waals surface area contributed by atoms with E-state index in [1.807, 2.05) is 30.3 Å². The zero-order valence-corrected chi connectivity index (χ0v) is 22.1. The first-order chi connectivity index (χ1) is 17.2.